The van der Waals surface area contributed by atoms with Crippen LogP contribution in [0.4, 0.5) is 20.6 Å². The van der Waals surface area contributed by atoms with Crippen LogP contribution in [0.25, 0.3) is 0 Å². The number of sulfonamides is 1. The fourth-order valence-electron chi connectivity index (χ4n) is 3.32. The summed E-state index contributed by atoms with van der Waals surface area (Å²) in [7, 11) is -3.28. The molecule has 2 fully saturated rings. The first kappa shape index (κ1) is 21.3. The zero-order valence-corrected chi connectivity index (χ0v) is 16.9. The Kier molecular flexibility index (Phi) is 5.96. The summed E-state index contributed by atoms with van der Waals surface area (Å²) in [4.78, 5) is 26.1. The molecule has 10 nitrogen and oxygen atoms in total. The SMILES string of the molecule is CC(=O)N([O-])CC1CN(c2ccc(N3CCN(S(C)(=O)=O)CC3)c(F)c2)C(=O)O1. The number of piperazine rings is 1. The molecule has 0 saturated carbocycles. The van der Waals surface area contributed by atoms with Crippen LogP contribution in [0.15, 0.2) is 18.2 Å². The van der Waals surface area contributed by atoms with Crippen molar-refractivity contribution in [1.82, 2.24) is 9.37 Å². The molecule has 2 aliphatic rings. The van der Waals surface area contributed by atoms with Crippen molar-refractivity contribution >= 4 is 33.4 Å². The molecule has 1 atom stereocenters. The first-order chi connectivity index (χ1) is 13.6. The van der Waals surface area contributed by atoms with Gasteiger partial charge < -0.3 is 19.9 Å². The Bertz CT molecular complexity index is 903. The third-order valence-corrected chi connectivity index (χ3v) is 6.19. The summed E-state index contributed by atoms with van der Waals surface area (Å²) in [5.74, 6) is -1.24. The predicted molar refractivity (Wildman–Crippen MR) is 103 cm³/mol. The molecule has 0 spiro atoms. The van der Waals surface area contributed by atoms with Gasteiger partial charge in [0.1, 0.15) is 11.9 Å². The van der Waals surface area contributed by atoms with E-state index in [4.69, 9.17) is 4.74 Å². The Morgan fingerprint density at radius 3 is 2.52 bits per heavy atom. The zero-order chi connectivity index (χ0) is 21.3. The number of rotatable bonds is 5. The largest absolute Gasteiger partial charge is 0.756 e. The molecule has 2 aliphatic heterocycles. The van der Waals surface area contributed by atoms with Gasteiger partial charge in [0.2, 0.25) is 15.9 Å². The van der Waals surface area contributed by atoms with Crippen molar-refractivity contribution < 1.29 is 27.1 Å². The summed E-state index contributed by atoms with van der Waals surface area (Å²) >= 11 is 0. The van der Waals surface area contributed by atoms with Crippen molar-refractivity contribution in [3.05, 3.63) is 29.2 Å². The van der Waals surface area contributed by atoms with E-state index in [1.165, 1.54) is 21.3 Å². The molecule has 1 aromatic carbocycles. The highest BCUT2D eigenvalue weighted by Crippen LogP contribution is 2.29. The van der Waals surface area contributed by atoms with Gasteiger partial charge in [0.15, 0.2) is 0 Å². The van der Waals surface area contributed by atoms with Gasteiger partial charge in [-0.05, 0) is 18.2 Å². The van der Waals surface area contributed by atoms with E-state index in [1.807, 2.05) is 0 Å². The summed E-state index contributed by atoms with van der Waals surface area (Å²) in [6.07, 6.45) is -0.375. The van der Waals surface area contributed by atoms with Crippen molar-refractivity contribution in [2.45, 2.75) is 13.0 Å². The molecule has 0 aliphatic carbocycles. The van der Waals surface area contributed by atoms with Crippen molar-refractivity contribution in [3.8, 4) is 0 Å². The molecular formula is C17H22FN4O6S-. The standard InChI is InChI=1S/C17H22FN4O6S/c1-12(23)22(25)11-14-10-21(17(24)28-14)13-3-4-16(15(18)9-13)19-5-7-20(8-6-19)29(2,26)27/h3-4,9,14H,5-8,10-11H2,1-2H3/q-1. The average Bonchev–Trinajstić information content (AvgIpc) is 3.01. The molecule has 160 valence electrons. The molecule has 1 unspecified atom stereocenters. The van der Waals surface area contributed by atoms with Crippen LogP contribution < -0.4 is 9.80 Å². The van der Waals surface area contributed by atoms with Gasteiger partial charge in [-0.25, -0.2) is 17.6 Å². The maximum Gasteiger partial charge on any atom is 0.414 e. The molecule has 1 aromatic rings. The molecule has 12 heteroatoms. The number of carbonyl (C=O) groups is 2. The smallest absolute Gasteiger partial charge is 0.414 e. The van der Waals surface area contributed by atoms with E-state index in [1.54, 1.807) is 11.0 Å². The van der Waals surface area contributed by atoms with Gasteiger partial charge in [0, 0.05) is 39.6 Å². The van der Waals surface area contributed by atoms with Crippen LogP contribution >= 0.6 is 0 Å². The number of halogens is 1. The maximum absolute atomic E-state index is 14.7. The lowest BCUT2D eigenvalue weighted by Gasteiger charge is -2.35. The molecule has 2 heterocycles. The highest BCUT2D eigenvalue weighted by atomic mass is 32.2. The third-order valence-electron chi connectivity index (χ3n) is 4.89. The van der Waals surface area contributed by atoms with Crippen molar-refractivity contribution in [3.63, 3.8) is 0 Å². The maximum atomic E-state index is 14.7. The van der Waals surface area contributed by atoms with Crippen LogP contribution in [0, 0.1) is 11.0 Å². The summed E-state index contributed by atoms with van der Waals surface area (Å²) in [5, 5.41) is 11.7. The Labute approximate surface area is 168 Å². The van der Waals surface area contributed by atoms with E-state index in [9.17, 15) is 27.6 Å². The number of hydrogen-bond donors (Lipinski definition) is 0. The topological polar surface area (TPSA) is 114 Å². The average molecular weight is 429 g/mol. The Morgan fingerprint density at radius 2 is 1.97 bits per heavy atom. The van der Waals surface area contributed by atoms with Gasteiger partial charge in [0.05, 0.1) is 24.2 Å². The van der Waals surface area contributed by atoms with Crippen LogP contribution in [0.1, 0.15) is 6.92 Å². The lowest BCUT2D eigenvalue weighted by atomic mass is 10.2. The van der Waals surface area contributed by atoms with Gasteiger partial charge >= 0.3 is 6.09 Å². The number of hydrogen-bond acceptors (Lipinski definition) is 7. The first-order valence-corrected chi connectivity index (χ1v) is 10.8. The van der Waals surface area contributed by atoms with Crippen LogP contribution in [0.3, 0.4) is 0 Å². The molecule has 2 amide bonds. The molecule has 0 aromatic heterocycles. The van der Waals surface area contributed by atoms with Crippen LogP contribution in [-0.4, -0.2) is 81.4 Å². The van der Waals surface area contributed by atoms with Gasteiger partial charge in [-0.1, -0.05) is 0 Å². The highest BCUT2D eigenvalue weighted by Gasteiger charge is 2.33. The monoisotopic (exact) mass is 429 g/mol. The second-order valence-corrected chi connectivity index (χ2v) is 8.96. The van der Waals surface area contributed by atoms with E-state index in [0.29, 0.717) is 18.8 Å². The Hall–Kier alpha value is -2.44. The number of carbonyl (C=O) groups excluding carboxylic acids is 2. The van der Waals surface area contributed by atoms with Crippen molar-refractivity contribution in [1.29, 1.82) is 0 Å². The number of anilines is 2. The number of cyclic esters (lactones) is 1. The fourth-order valence-corrected chi connectivity index (χ4v) is 4.15. The van der Waals surface area contributed by atoms with E-state index >= 15 is 0 Å². The number of hydroxylamine groups is 2. The third kappa shape index (κ3) is 4.77. The van der Waals surface area contributed by atoms with Gasteiger partial charge in [-0.3, -0.25) is 9.69 Å². The Balaban J connectivity index is 1.67. The van der Waals surface area contributed by atoms with E-state index in [0.717, 1.165) is 13.2 Å². The zero-order valence-electron chi connectivity index (χ0n) is 16.1. The first-order valence-electron chi connectivity index (χ1n) is 8.99. The lowest BCUT2D eigenvalue weighted by Crippen LogP contribution is -2.48. The second-order valence-electron chi connectivity index (χ2n) is 6.98. The van der Waals surface area contributed by atoms with Crippen LogP contribution in [-0.2, 0) is 19.6 Å². The van der Waals surface area contributed by atoms with E-state index in [2.05, 4.69) is 0 Å². The fraction of sp³-hybridized carbons (Fsp3) is 0.529. The molecule has 0 N–H and O–H groups in total. The Morgan fingerprint density at radius 1 is 1.31 bits per heavy atom. The minimum Gasteiger partial charge on any atom is -0.756 e. The minimum atomic E-state index is -3.28. The summed E-state index contributed by atoms with van der Waals surface area (Å²) in [6.45, 7) is 2.08. The van der Waals surface area contributed by atoms with Crippen LogP contribution in [0.2, 0.25) is 0 Å². The van der Waals surface area contributed by atoms with Gasteiger partial charge in [-0.15, -0.1) is 0 Å². The van der Waals surface area contributed by atoms with Crippen molar-refractivity contribution in [2.75, 3.05) is 55.3 Å². The number of ether oxygens (including phenoxy) is 1. The second kappa shape index (κ2) is 8.13. The normalized spacial score (nSPS) is 20.7. The summed E-state index contributed by atoms with van der Waals surface area (Å²) in [5.41, 5.74) is 0.585. The van der Waals surface area contributed by atoms with Gasteiger partial charge in [-0.2, -0.15) is 4.31 Å². The van der Waals surface area contributed by atoms with E-state index in [-0.39, 0.29) is 36.9 Å². The highest BCUT2D eigenvalue weighted by molar-refractivity contribution is 7.88. The number of benzene rings is 1. The molecule has 29 heavy (non-hydrogen) atoms. The molecular weight excluding hydrogens is 407 g/mol. The quantitative estimate of drug-likeness (QED) is 0.629. The van der Waals surface area contributed by atoms with Crippen LogP contribution in [0.5, 0.6) is 0 Å². The molecule has 0 bridgehead atoms. The molecule has 2 saturated heterocycles. The molecule has 3 rings (SSSR count). The number of nitrogens with zero attached hydrogens (tertiary/aromatic N) is 4. The minimum absolute atomic E-state index is 0.0245. The summed E-state index contributed by atoms with van der Waals surface area (Å²) < 4.78 is 44.3. The van der Waals surface area contributed by atoms with E-state index < -0.39 is 33.9 Å². The predicted octanol–water partition coefficient (Wildman–Crippen LogP) is 0.579. The summed E-state index contributed by atoms with van der Waals surface area (Å²) in [6, 6.07) is 4.28. The molecule has 0 radical (unpaired) electrons. The van der Waals surface area contributed by atoms with Crippen molar-refractivity contribution in [2.24, 2.45) is 0 Å². The number of amides is 2. The van der Waals surface area contributed by atoms with Gasteiger partial charge in [0.25, 0.3) is 0 Å². The lowest BCUT2D eigenvalue weighted by molar-refractivity contribution is -0.127.